The van der Waals surface area contributed by atoms with Crippen molar-refractivity contribution in [2.24, 2.45) is 5.73 Å². The van der Waals surface area contributed by atoms with Crippen LogP contribution in [0.4, 0.5) is 0 Å². The summed E-state index contributed by atoms with van der Waals surface area (Å²) in [6, 6.07) is 0. The summed E-state index contributed by atoms with van der Waals surface area (Å²) in [6.07, 6.45) is 0. The lowest BCUT2D eigenvalue weighted by Gasteiger charge is -2.14. The first-order valence-electron chi connectivity index (χ1n) is 3.82. The molecule has 0 radical (unpaired) electrons. The van der Waals surface area contributed by atoms with Gasteiger partial charge in [0.15, 0.2) is 0 Å². The van der Waals surface area contributed by atoms with Crippen molar-refractivity contribution in [2.45, 2.75) is 18.7 Å². The fraction of sp³-hybridized carbons (Fsp3) is 1.00. The zero-order valence-corrected chi connectivity index (χ0v) is 8.97. The van der Waals surface area contributed by atoms with E-state index in [1.807, 2.05) is 11.8 Å². The van der Waals surface area contributed by atoms with E-state index >= 15 is 0 Å². The predicted molar refractivity (Wildman–Crippen MR) is 57.4 cm³/mol. The Bertz CT molecular complexity index is 86.4. The van der Waals surface area contributed by atoms with Crippen LogP contribution in [0.25, 0.3) is 0 Å². The van der Waals surface area contributed by atoms with Gasteiger partial charge in [-0.3, -0.25) is 0 Å². The van der Waals surface area contributed by atoms with E-state index in [0.29, 0.717) is 11.4 Å². The maximum absolute atomic E-state index is 4.95. The molecule has 1 saturated heterocycles. The van der Waals surface area contributed by atoms with E-state index in [9.17, 15) is 0 Å². The van der Waals surface area contributed by atoms with Crippen molar-refractivity contribution in [1.29, 1.82) is 0 Å². The highest BCUT2D eigenvalue weighted by atomic mass is 32.2. The van der Waals surface area contributed by atoms with Gasteiger partial charge in [0.25, 0.3) is 0 Å². The topological polar surface area (TPSA) is 38.0 Å². The van der Waals surface area contributed by atoms with Gasteiger partial charge in [0.1, 0.15) is 0 Å². The summed E-state index contributed by atoms with van der Waals surface area (Å²) in [5.74, 6) is 2.06. The Hall–Kier alpha value is 0.620. The van der Waals surface area contributed by atoms with E-state index in [2.05, 4.69) is 31.8 Å². The summed E-state index contributed by atoms with van der Waals surface area (Å²) in [7, 11) is 0. The molecule has 68 valence electrons. The van der Waals surface area contributed by atoms with Crippen LogP contribution in [0.3, 0.4) is 0 Å². The number of hydrogen-bond donors (Lipinski definition) is 3. The first kappa shape index (κ1) is 11.6. The number of thioether (sulfide) groups is 1. The summed E-state index contributed by atoms with van der Waals surface area (Å²) < 4.78 is 0. The minimum absolute atomic E-state index is 0.361. The second-order valence-corrected chi connectivity index (χ2v) is 4.96. The molecule has 0 bridgehead atoms. The van der Waals surface area contributed by atoms with Gasteiger partial charge in [-0.15, -0.1) is 11.8 Å². The molecule has 0 aromatic heterocycles. The van der Waals surface area contributed by atoms with Crippen LogP contribution in [-0.2, 0) is 0 Å². The minimum atomic E-state index is 0.361. The monoisotopic (exact) mass is 194 g/mol. The van der Waals surface area contributed by atoms with Crippen molar-refractivity contribution in [2.75, 3.05) is 24.6 Å². The average molecular weight is 194 g/mol. The first-order valence-corrected chi connectivity index (χ1v) is 5.44. The maximum Gasteiger partial charge on any atom is 0.0588 e. The van der Waals surface area contributed by atoms with Gasteiger partial charge < -0.3 is 11.1 Å². The van der Waals surface area contributed by atoms with Crippen molar-refractivity contribution >= 4 is 24.4 Å². The molecule has 0 saturated carbocycles. The van der Waals surface area contributed by atoms with Gasteiger partial charge in [0.2, 0.25) is 0 Å². The van der Waals surface area contributed by atoms with E-state index in [1.54, 1.807) is 0 Å². The van der Waals surface area contributed by atoms with Crippen LogP contribution in [0.1, 0.15) is 13.8 Å². The van der Waals surface area contributed by atoms with E-state index in [4.69, 9.17) is 5.73 Å². The van der Waals surface area contributed by atoms with Crippen LogP contribution >= 0.6 is 24.4 Å². The molecule has 0 aromatic carbocycles. The Labute approximate surface area is 79.1 Å². The molecule has 1 aliphatic heterocycles. The molecule has 1 fully saturated rings. The van der Waals surface area contributed by atoms with Gasteiger partial charge in [-0.05, 0) is 13.8 Å². The van der Waals surface area contributed by atoms with Gasteiger partial charge in [-0.1, -0.05) is 0 Å². The number of nitrogens with two attached hydrogens (primary N) is 1. The van der Waals surface area contributed by atoms with Crippen LogP contribution in [0, 0.1) is 0 Å². The summed E-state index contributed by atoms with van der Waals surface area (Å²) in [5, 5.41) is 3.36. The molecule has 1 aliphatic rings. The van der Waals surface area contributed by atoms with Crippen molar-refractivity contribution in [1.82, 2.24) is 5.32 Å². The third-order valence-corrected chi connectivity index (χ3v) is 2.78. The Kier molecular flexibility index (Phi) is 6.52. The van der Waals surface area contributed by atoms with Gasteiger partial charge in [-0.25, -0.2) is 0 Å². The molecule has 0 unspecified atom stereocenters. The third-order valence-electron chi connectivity index (χ3n) is 1.24. The molecule has 0 amide bonds. The smallest absolute Gasteiger partial charge is 0.0588 e. The predicted octanol–water partition coefficient (Wildman–Crippen LogP) is 0.934. The molecular formula is C7H18N2S2. The first-order chi connectivity index (χ1) is 5.12. The van der Waals surface area contributed by atoms with E-state index in [-0.39, 0.29) is 0 Å². The zero-order chi connectivity index (χ0) is 8.74. The molecule has 1 rings (SSSR count). The second kappa shape index (κ2) is 6.17. The van der Waals surface area contributed by atoms with Crippen LogP contribution in [-0.4, -0.2) is 29.5 Å². The fourth-order valence-corrected chi connectivity index (χ4v) is 1.63. The lowest BCUT2D eigenvalue weighted by molar-refractivity contribution is 0.594. The lowest BCUT2D eigenvalue weighted by atomic mass is 10.4. The Balaban J connectivity index is 0.000000218. The molecular weight excluding hydrogens is 176 g/mol. The maximum atomic E-state index is 4.95. The van der Waals surface area contributed by atoms with Crippen molar-refractivity contribution in [3.05, 3.63) is 0 Å². The highest BCUT2D eigenvalue weighted by molar-refractivity contribution is 8.00. The van der Waals surface area contributed by atoms with Crippen molar-refractivity contribution in [3.8, 4) is 0 Å². The quantitative estimate of drug-likeness (QED) is 0.544. The average Bonchev–Trinajstić information content (AvgIpc) is 2.35. The molecule has 0 spiro atoms. The second-order valence-electron chi connectivity index (χ2n) is 2.80. The molecule has 11 heavy (non-hydrogen) atoms. The summed E-state index contributed by atoms with van der Waals surface area (Å²) >= 11 is 5.78. The van der Waals surface area contributed by atoms with Crippen LogP contribution in [0.5, 0.6) is 0 Å². The van der Waals surface area contributed by atoms with E-state index in [1.165, 1.54) is 12.3 Å². The van der Waals surface area contributed by atoms with Crippen molar-refractivity contribution < 1.29 is 0 Å². The normalized spacial score (nSPS) is 20.7. The van der Waals surface area contributed by atoms with Gasteiger partial charge in [0.05, 0.1) is 4.87 Å². The number of hydrogen-bond acceptors (Lipinski definition) is 4. The van der Waals surface area contributed by atoms with E-state index < -0.39 is 0 Å². The molecule has 0 aromatic rings. The van der Waals surface area contributed by atoms with Crippen LogP contribution < -0.4 is 11.1 Å². The summed E-state index contributed by atoms with van der Waals surface area (Å²) in [6.45, 7) is 6.29. The lowest BCUT2D eigenvalue weighted by Crippen LogP contribution is -2.29. The third kappa shape index (κ3) is 7.00. The van der Waals surface area contributed by atoms with Crippen LogP contribution in [0.15, 0.2) is 0 Å². The Morgan fingerprint density at radius 1 is 1.64 bits per heavy atom. The Morgan fingerprint density at radius 3 is 2.27 bits per heavy atom. The van der Waals surface area contributed by atoms with Crippen molar-refractivity contribution in [3.63, 3.8) is 0 Å². The summed E-state index contributed by atoms with van der Waals surface area (Å²) in [5.41, 5.74) is 4.95. The summed E-state index contributed by atoms with van der Waals surface area (Å²) in [4.78, 5) is 0.361. The van der Waals surface area contributed by atoms with Gasteiger partial charge >= 0.3 is 0 Å². The molecule has 1 heterocycles. The zero-order valence-electron chi connectivity index (χ0n) is 7.26. The largest absolute Gasteiger partial charge is 0.330 e. The number of rotatable bonds is 1. The van der Waals surface area contributed by atoms with Crippen LogP contribution in [0.2, 0.25) is 0 Å². The molecule has 0 aliphatic carbocycles. The minimum Gasteiger partial charge on any atom is -0.330 e. The molecule has 0 atom stereocenters. The number of nitrogens with one attached hydrogen (secondary N) is 1. The van der Waals surface area contributed by atoms with Gasteiger partial charge in [-0.2, -0.15) is 12.6 Å². The highest BCUT2D eigenvalue weighted by Crippen LogP contribution is 2.24. The molecule has 4 heteroatoms. The number of thiol groups is 1. The van der Waals surface area contributed by atoms with E-state index in [0.717, 1.165) is 5.75 Å². The Morgan fingerprint density at radius 2 is 2.18 bits per heavy atom. The fourth-order valence-electron chi connectivity index (χ4n) is 0.709. The SMILES string of the molecule is CC1(C)NCCS1.NCCS. The van der Waals surface area contributed by atoms with Gasteiger partial charge in [0, 0.05) is 24.6 Å². The standard InChI is InChI=1S/C5H11NS.C2H7NS/c1-5(2)6-3-4-7-5;3-1-2-4/h6H,3-4H2,1-2H3;4H,1-3H2. The molecule has 2 nitrogen and oxygen atoms in total. The molecule has 3 N–H and O–H groups in total. The highest BCUT2D eigenvalue weighted by Gasteiger charge is 2.21.